The van der Waals surface area contributed by atoms with Crippen molar-refractivity contribution in [2.24, 2.45) is 0 Å². The smallest absolute Gasteiger partial charge is 0.260 e. The molecule has 0 atom stereocenters. The van der Waals surface area contributed by atoms with Crippen LogP contribution in [-0.2, 0) is 4.79 Å². The van der Waals surface area contributed by atoms with Crippen LogP contribution < -0.4 is 10.1 Å². The fourth-order valence-electron chi connectivity index (χ4n) is 3.25. The topological polar surface area (TPSA) is 58.6 Å². The van der Waals surface area contributed by atoms with E-state index in [2.05, 4.69) is 21.2 Å². The lowest BCUT2D eigenvalue weighted by molar-refractivity contribution is -0.134. The van der Waals surface area contributed by atoms with Gasteiger partial charge in [-0.3, -0.25) is 9.59 Å². The summed E-state index contributed by atoms with van der Waals surface area (Å²) in [6.07, 6.45) is 1.50. The number of hydrogen-bond acceptors (Lipinski definition) is 3. The molecule has 0 saturated carbocycles. The van der Waals surface area contributed by atoms with Gasteiger partial charge in [-0.25, -0.2) is 0 Å². The minimum absolute atomic E-state index is 0.0152. The van der Waals surface area contributed by atoms with Crippen LogP contribution in [0.25, 0.3) is 0 Å². The summed E-state index contributed by atoms with van der Waals surface area (Å²) in [7, 11) is 0. The zero-order chi connectivity index (χ0) is 20.1. The maximum atomic E-state index is 12.5. The highest BCUT2D eigenvalue weighted by Gasteiger charge is 2.24. The number of rotatable bonds is 5. The number of aryl methyl sites for hydroxylation is 1. The van der Waals surface area contributed by atoms with Gasteiger partial charge >= 0.3 is 0 Å². The third-order valence-corrected chi connectivity index (χ3v) is 5.72. The third-order valence-electron chi connectivity index (χ3n) is 5.20. The van der Waals surface area contributed by atoms with Crippen LogP contribution in [0.2, 0.25) is 0 Å². The summed E-state index contributed by atoms with van der Waals surface area (Å²) in [5.41, 5.74) is 2.85. The van der Waals surface area contributed by atoms with E-state index in [1.807, 2.05) is 49.1 Å². The Hall–Kier alpha value is -2.34. The predicted molar refractivity (Wildman–Crippen MR) is 113 cm³/mol. The summed E-state index contributed by atoms with van der Waals surface area (Å²) in [6.45, 7) is 5.31. The summed E-state index contributed by atoms with van der Waals surface area (Å²) in [5, 5.41) is 3.06. The number of ether oxygens (including phenoxy) is 1. The van der Waals surface area contributed by atoms with E-state index in [1.165, 1.54) is 0 Å². The van der Waals surface area contributed by atoms with Crippen LogP contribution >= 0.6 is 15.9 Å². The molecule has 1 heterocycles. The van der Waals surface area contributed by atoms with Gasteiger partial charge in [-0.15, -0.1) is 0 Å². The monoisotopic (exact) mass is 444 g/mol. The molecule has 0 bridgehead atoms. The maximum Gasteiger partial charge on any atom is 0.260 e. The number of nitrogens with one attached hydrogen (secondary N) is 1. The quantitative estimate of drug-likeness (QED) is 0.761. The van der Waals surface area contributed by atoms with Crippen LogP contribution in [-0.4, -0.2) is 42.5 Å². The number of benzene rings is 2. The maximum absolute atomic E-state index is 12.5. The van der Waals surface area contributed by atoms with Crippen molar-refractivity contribution >= 4 is 27.7 Å². The molecule has 2 amide bonds. The minimum Gasteiger partial charge on any atom is -0.483 e. The Bertz CT molecular complexity index is 843. The van der Waals surface area contributed by atoms with E-state index in [4.69, 9.17) is 4.74 Å². The van der Waals surface area contributed by atoms with Crippen molar-refractivity contribution in [2.45, 2.75) is 32.7 Å². The SMILES string of the molecule is Cc1cccc(OCC(=O)N2CCC(NC(=O)c3ccc(Br)cc3)CC2)c1C. The summed E-state index contributed by atoms with van der Waals surface area (Å²) in [6, 6.07) is 13.2. The van der Waals surface area contributed by atoms with E-state index in [-0.39, 0.29) is 24.5 Å². The number of hydrogen-bond donors (Lipinski definition) is 1. The molecular formula is C22H25BrN2O3. The average molecular weight is 445 g/mol. The van der Waals surface area contributed by atoms with Gasteiger partial charge in [0.15, 0.2) is 6.61 Å². The molecule has 0 aromatic heterocycles. The molecule has 1 N–H and O–H groups in total. The molecular weight excluding hydrogens is 420 g/mol. The number of carbonyl (C=O) groups excluding carboxylic acids is 2. The fourth-order valence-corrected chi connectivity index (χ4v) is 3.52. The molecule has 28 heavy (non-hydrogen) atoms. The van der Waals surface area contributed by atoms with Crippen molar-refractivity contribution in [1.82, 2.24) is 10.2 Å². The number of halogens is 1. The highest BCUT2D eigenvalue weighted by atomic mass is 79.9. The first-order valence-corrected chi connectivity index (χ1v) is 10.3. The van der Waals surface area contributed by atoms with Gasteiger partial charge in [-0.1, -0.05) is 28.1 Å². The summed E-state index contributed by atoms with van der Waals surface area (Å²) >= 11 is 3.37. The van der Waals surface area contributed by atoms with Crippen LogP contribution in [0, 0.1) is 13.8 Å². The Labute approximate surface area is 174 Å². The minimum atomic E-state index is -0.0736. The molecule has 0 unspecified atom stereocenters. The normalized spacial score (nSPS) is 14.6. The molecule has 1 saturated heterocycles. The number of likely N-dealkylation sites (tertiary alicyclic amines) is 1. The van der Waals surface area contributed by atoms with Crippen molar-refractivity contribution in [3.63, 3.8) is 0 Å². The van der Waals surface area contributed by atoms with Gasteiger partial charge in [0.05, 0.1) is 0 Å². The van der Waals surface area contributed by atoms with Gasteiger partial charge in [0.1, 0.15) is 5.75 Å². The van der Waals surface area contributed by atoms with E-state index < -0.39 is 0 Å². The van der Waals surface area contributed by atoms with Crippen molar-refractivity contribution in [2.75, 3.05) is 19.7 Å². The Morgan fingerprint density at radius 2 is 1.79 bits per heavy atom. The van der Waals surface area contributed by atoms with E-state index in [9.17, 15) is 9.59 Å². The van der Waals surface area contributed by atoms with Crippen molar-refractivity contribution in [1.29, 1.82) is 0 Å². The molecule has 2 aromatic carbocycles. The molecule has 2 aromatic rings. The Balaban J connectivity index is 1.45. The van der Waals surface area contributed by atoms with Crippen LogP contribution in [0.4, 0.5) is 0 Å². The van der Waals surface area contributed by atoms with Crippen LogP contribution in [0.15, 0.2) is 46.9 Å². The number of piperidine rings is 1. The summed E-state index contributed by atoms with van der Waals surface area (Å²) in [4.78, 5) is 26.6. The molecule has 148 valence electrons. The first-order valence-electron chi connectivity index (χ1n) is 9.47. The lowest BCUT2D eigenvalue weighted by atomic mass is 10.0. The second kappa shape index (κ2) is 9.24. The molecule has 1 fully saturated rings. The van der Waals surface area contributed by atoms with Crippen LogP contribution in [0.3, 0.4) is 0 Å². The van der Waals surface area contributed by atoms with Gasteiger partial charge in [0.2, 0.25) is 0 Å². The molecule has 3 rings (SSSR count). The molecule has 0 aliphatic carbocycles. The largest absolute Gasteiger partial charge is 0.483 e. The second-order valence-corrected chi connectivity index (χ2v) is 8.04. The van der Waals surface area contributed by atoms with Gasteiger partial charge in [0, 0.05) is 29.2 Å². The lowest BCUT2D eigenvalue weighted by Crippen LogP contribution is -2.47. The van der Waals surface area contributed by atoms with E-state index >= 15 is 0 Å². The van der Waals surface area contributed by atoms with Gasteiger partial charge < -0.3 is 15.0 Å². The molecule has 0 radical (unpaired) electrons. The summed E-state index contributed by atoms with van der Waals surface area (Å²) < 4.78 is 6.67. The van der Waals surface area contributed by atoms with Gasteiger partial charge in [-0.2, -0.15) is 0 Å². The summed E-state index contributed by atoms with van der Waals surface area (Å²) in [5.74, 6) is 0.666. The molecule has 1 aliphatic heterocycles. The Morgan fingerprint density at radius 1 is 1.11 bits per heavy atom. The van der Waals surface area contributed by atoms with Crippen LogP contribution in [0.5, 0.6) is 5.75 Å². The van der Waals surface area contributed by atoms with Gasteiger partial charge in [0.25, 0.3) is 11.8 Å². The molecule has 6 heteroatoms. The van der Waals surface area contributed by atoms with Crippen molar-refractivity contribution in [3.8, 4) is 5.75 Å². The van der Waals surface area contributed by atoms with E-state index in [0.29, 0.717) is 18.7 Å². The lowest BCUT2D eigenvalue weighted by Gasteiger charge is -2.32. The average Bonchev–Trinajstić information content (AvgIpc) is 2.70. The number of nitrogens with zero attached hydrogens (tertiary/aromatic N) is 1. The van der Waals surface area contributed by atoms with Crippen molar-refractivity contribution < 1.29 is 14.3 Å². The molecule has 1 aliphatic rings. The fraction of sp³-hybridized carbons (Fsp3) is 0.364. The first kappa shape index (κ1) is 20.4. The highest BCUT2D eigenvalue weighted by Crippen LogP contribution is 2.21. The predicted octanol–water partition coefficient (Wildman–Crippen LogP) is 3.87. The first-order chi connectivity index (χ1) is 13.4. The number of amides is 2. The van der Waals surface area contributed by atoms with E-state index in [1.54, 1.807) is 12.1 Å². The Morgan fingerprint density at radius 3 is 2.46 bits per heavy atom. The van der Waals surface area contributed by atoms with Crippen LogP contribution in [0.1, 0.15) is 34.3 Å². The standard InChI is InChI=1S/C22H25BrN2O3/c1-15-4-3-5-20(16(15)2)28-14-21(26)25-12-10-19(11-13-25)24-22(27)17-6-8-18(23)9-7-17/h3-9,19H,10-14H2,1-2H3,(H,24,27). The van der Waals surface area contributed by atoms with E-state index in [0.717, 1.165) is 34.2 Å². The zero-order valence-electron chi connectivity index (χ0n) is 16.2. The second-order valence-electron chi connectivity index (χ2n) is 7.12. The molecule has 5 nitrogen and oxygen atoms in total. The number of carbonyl (C=O) groups is 2. The molecule has 0 spiro atoms. The third kappa shape index (κ3) is 5.13. The Kier molecular flexibility index (Phi) is 6.73. The van der Waals surface area contributed by atoms with Gasteiger partial charge in [-0.05, 0) is 68.1 Å². The highest BCUT2D eigenvalue weighted by molar-refractivity contribution is 9.10. The van der Waals surface area contributed by atoms with Crippen molar-refractivity contribution in [3.05, 3.63) is 63.6 Å². The zero-order valence-corrected chi connectivity index (χ0v) is 17.8.